The minimum atomic E-state index is -0.498. The molecule has 1 amide bonds. The van der Waals surface area contributed by atoms with E-state index in [4.69, 9.17) is 4.74 Å². The molecule has 0 saturated carbocycles. The van der Waals surface area contributed by atoms with Gasteiger partial charge in [0.05, 0.1) is 0 Å². The van der Waals surface area contributed by atoms with Gasteiger partial charge in [-0.1, -0.05) is 71.0 Å². The number of benzene rings is 1. The Bertz CT molecular complexity index is 654. The molecule has 28 heavy (non-hydrogen) atoms. The first kappa shape index (κ1) is 23.8. The molecule has 1 unspecified atom stereocenters. The summed E-state index contributed by atoms with van der Waals surface area (Å²) in [7, 11) is 0. The smallest absolute Gasteiger partial charge is 0.407 e. The van der Waals surface area contributed by atoms with E-state index in [9.17, 15) is 4.79 Å². The minimum Gasteiger partial charge on any atom is -0.444 e. The SMILES string of the molecule is C=C(c1ccc(C(C)C)cc1)N(/C=C\C(C)CC)CCNC(=O)OC(C)(C)C. The van der Waals surface area contributed by atoms with Gasteiger partial charge < -0.3 is 15.0 Å². The zero-order chi connectivity index (χ0) is 21.3. The Morgan fingerprint density at radius 3 is 2.32 bits per heavy atom. The van der Waals surface area contributed by atoms with Crippen LogP contribution in [0.25, 0.3) is 5.70 Å². The number of hydrogen-bond donors (Lipinski definition) is 1. The third kappa shape index (κ3) is 8.64. The number of carbonyl (C=O) groups excluding carboxylic acids is 1. The van der Waals surface area contributed by atoms with Gasteiger partial charge in [-0.3, -0.25) is 0 Å². The van der Waals surface area contributed by atoms with Crippen LogP contribution < -0.4 is 5.32 Å². The molecule has 1 rings (SSSR count). The number of amides is 1. The second-order valence-electron chi connectivity index (χ2n) is 8.57. The summed E-state index contributed by atoms with van der Waals surface area (Å²) in [4.78, 5) is 14.0. The lowest BCUT2D eigenvalue weighted by atomic mass is 10.0. The molecule has 0 bridgehead atoms. The Morgan fingerprint density at radius 2 is 1.82 bits per heavy atom. The predicted octanol–water partition coefficient (Wildman–Crippen LogP) is 6.17. The Hall–Kier alpha value is -2.23. The number of rotatable bonds is 9. The van der Waals surface area contributed by atoms with Crippen molar-refractivity contribution in [3.63, 3.8) is 0 Å². The highest BCUT2D eigenvalue weighted by Gasteiger charge is 2.16. The van der Waals surface area contributed by atoms with Crippen molar-refractivity contribution in [3.05, 3.63) is 54.2 Å². The first-order valence-corrected chi connectivity index (χ1v) is 10.2. The first-order valence-electron chi connectivity index (χ1n) is 10.2. The predicted molar refractivity (Wildman–Crippen MR) is 119 cm³/mol. The third-order valence-electron chi connectivity index (χ3n) is 4.52. The van der Waals surface area contributed by atoms with E-state index in [1.54, 1.807) is 0 Å². The largest absolute Gasteiger partial charge is 0.444 e. The Labute approximate surface area is 171 Å². The van der Waals surface area contributed by atoms with Gasteiger partial charge in [-0.2, -0.15) is 0 Å². The van der Waals surface area contributed by atoms with Crippen molar-refractivity contribution in [2.24, 2.45) is 5.92 Å². The maximum atomic E-state index is 11.9. The molecule has 0 heterocycles. The second kappa shape index (κ2) is 10.9. The summed E-state index contributed by atoms with van der Waals surface area (Å²) < 4.78 is 5.31. The maximum absolute atomic E-state index is 11.9. The molecule has 1 N–H and O–H groups in total. The number of nitrogens with zero attached hydrogens (tertiary/aromatic N) is 1. The summed E-state index contributed by atoms with van der Waals surface area (Å²) in [6.45, 7) is 19.7. The summed E-state index contributed by atoms with van der Waals surface area (Å²) >= 11 is 0. The molecule has 0 aliphatic rings. The quantitative estimate of drug-likeness (QED) is 0.552. The van der Waals surface area contributed by atoms with E-state index in [1.165, 1.54) is 5.56 Å². The highest BCUT2D eigenvalue weighted by molar-refractivity contribution is 5.68. The van der Waals surface area contributed by atoms with Gasteiger partial charge >= 0.3 is 6.09 Å². The van der Waals surface area contributed by atoms with Crippen LogP contribution in [0.2, 0.25) is 0 Å². The number of carbonyl (C=O) groups is 1. The molecule has 0 radical (unpaired) electrons. The normalized spacial score (nSPS) is 12.9. The van der Waals surface area contributed by atoms with Crippen LogP contribution in [0.4, 0.5) is 4.79 Å². The second-order valence-corrected chi connectivity index (χ2v) is 8.57. The fourth-order valence-electron chi connectivity index (χ4n) is 2.51. The zero-order valence-corrected chi connectivity index (χ0v) is 18.7. The van der Waals surface area contributed by atoms with Crippen molar-refractivity contribution in [3.8, 4) is 0 Å². The fourth-order valence-corrected chi connectivity index (χ4v) is 2.51. The molecular formula is C24H38N2O2. The number of allylic oxidation sites excluding steroid dienone is 1. The minimum absolute atomic E-state index is 0.398. The van der Waals surface area contributed by atoms with Crippen LogP contribution >= 0.6 is 0 Å². The van der Waals surface area contributed by atoms with Gasteiger partial charge in [0.25, 0.3) is 0 Å². The summed E-state index contributed by atoms with van der Waals surface area (Å²) in [6.07, 6.45) is 4.94. The fraction of sp³-hybridized carbons (Fsp3) is 0.542. The van der Waals surface area contributed by atoms with Gasteiger partial charge in [0.2, 0.25) is 0 Å². The molecule has 4 nitrogen and oxygen atoms in total. The van der Waals surface area contributed by atoms with Gasteiger partial charge in [0.15, 0.2) is 0 Å². The third-order valence-corrected chi connectivity index (χ3v) is 4.52. The highest BCUT2D eigenvalue weighted by atomic mass is 16.6. The van der Waals surface area contributed by atoms with Crippen LogP contribution in [0, 0.1) is 5.92 Å². The van der Waals surface area contributed by atoms with Crippen molar-refractivity contribution in [1.82, 2.24) is 10.2 Å². The van der Waals surface area contributed by atoms with Crippen LogP contribution in [0.15, 0.2) is 43.1 Å². The average Bonchev–Trinajstić information content (AvgIpc) is 2.62. The number of ether oxygens (including phenoxy) is 1. The number of hydrogen-bond acceptors (Lipinski definition) is 3. The van der Waals surface area contributed by atoms with Crippen molar-refractivity contribution in [2.75, 3.05) is 13.1 Å². The van der Waals surface area contributed by atoms with E-state index in [2.05, 4.69) is 81.0 Å². The molecule has 0 aliphatic carbocycles. The monoisotopic (exact) mass is 386 g/mol. The Balaban J connectivity index is 2.82. The van der Waals surface area contributed by atoms with Gasteiger partial charge in [-0.25, -0.2) is 4.79 Å². The number of alkyl carbamates (subject to hydrolysis) is 1. The lowest BCUT2D eigenvalue weighted by molar-refractivity contribution is 0.0526. The molecule has 0 aliphatic heterocycles. The first-order chi connectivity index (χ1) is 13.0. The van der Waals surface area contributed by atoms with E-state index in [1.807, 2.05) is 20.8 Å². The summed E-state index contributed by atoms with van der Waals surface area (Å²) in [5.41, 5.74) is 2.81. The summed E-state index contributed by atoms with van der Waals surface area (Å²) in [5.74, 6) is 0.985. The van der Waals surface area contributed by atoms with Gasteiger partial charge in [-0.05, 0) is 43.7 Å². The van der Waals surface area contributed by atoms with Crippen molar-refractivity contribution in [1.29, 1.82) is 0 Å². The van der Waals surface area contributed by atoms with Crippen molar-refractivity contribution >= 4 is 11.8 Å². The van der Waals surface area contributed by atoms with Crippen molar-refractivity contribution in [2.45, 2.75) is 66.4 Å². The average molecular weight is 387 g/mol. The topological polar surface area (TPSA) is 41.6 Å². The van der Waals surface area contributed by atoms with Crippen LogP contribution in [0.3, 0.4) is 0 Å². The molecule has 1 atom stereocenters. The highest BCUT2D eigenvalue weighted by Crippen LogP contribution is 2.22. The van der Waals surface area contributed by atoms with Crippen LogP contribution in [0.5, 0.6) is 0 Å². The van der Waals surface area contributed by atoms with Crippen LogP contribution in [-0.4, -0.2) is 29.7 Å². The van der Waals surface area contributed by atoms with E-state index in [0.29, 0.717) is 24.9 Å². The molecule has 1 aromatic rings. The zero-order valence-electron chi connectivity index (χ0n) is 18.7. The summed E-state index contributed by atoms with van der Waals surface area (Å²) in [6, 6.07) is 8.54. The van der Waals surface area contributed by atoms with Crippen molar-refractivity contribution < 1.29 is 9.53 Å². The lowest BCUT2D eigenvalue weighted by Gasteiger charge is -2.25. The van der Waals surface area contributed by atoms with Crippen LogP contribution in [0.1, 0.15) is 71.9 Å². The molecule has 4 heteroatoms. The van der Waals surface area contributed by atoms with Gasteiger partial charge in [0.1, 0.15) is 5.60 Å². The maximum Gasteiger partial charge on any atom is 0.407 e. The van der Waals surface area contributed by atoms with Gasteiger partial charge in [-0.15, -0.1) is 0 Å². The molecular weight excluding hydrogens is 348 g/mol. The van der Waals surface area contributed by atoms with Crippen LogP contribution in [-0.2, 0) is 4.74 Å². The molecule has 1 aromatic carbocycles. The van der Waals surface area contributed by atoms with Gasteiger partial charge in [0, 0.05) is 25.0 Å². The van der Waals surface area contributed by atoms with E-state index in [-0.39, 0.29) is 0 Å². The lowest BCUT2D eigenvalue weighted by Crippen LogP contribution is -2.36. The van der Waals surface area contributed by atoms with E-state index >= 15 is 0 Å². The number of nitrogens with one attached hydrogen (secondary N) is 1. The Kier molecular flexibility index (Phi) is 9.30. The molecule has 0 aromatic heterocycles. The van der Waals surface area contributed by atoms with E-state index < -0.39 is 11.7 Å². The summed E-state index contributed by atoms with van der Waals surface area (Å²) in [5, 5.41) is 2.82. The molecule has 0 saturated heterocycles. The molecule has 0 fully saturated rings. The van der Waals surface area contributed by atoms with E-state index in [0.717, 1.165) is 17.7 Å². The molecule has 156 valence electrons. The standard InChI is InChI=1S/C24H38N2O2/c1-9-19(4)14-16-26(17-15-25-23(27)28-24(6,7)8)20(5)22-12-10-21(11-13-22)18(2)3/h10-14,16,18-19H,5,9,15,17H2,1-4,6-8H3,(H,25,27)/b16-14-. The Morgan fingerprint density at radius 1 is 1.21 bits per heavy atom. The molecule has 0 spiro atoms.